The lowest BCUT2D eigenvalue weighted by molar-refractivity contribution is -0.152. The van der Waals surface area contributed by atoms with Gasteiger partial charge in [0, 0.05) is 6.07 Å². The van der Waals surface area contributed by atoms with Gasteiger partial charge in [0.15, 0.2) is 11.6 Å². The van der Waals surface area contributed by atoms with Gasteiger partial charge in [-0.1, -0.05) is 0 Å². The van der Waals surface area contributed by atoms with E-state index in [2.05, 4.69) is 10.3 Å². The highest BCUT2D eigenvalue weighted by molar-refractivity contribution is 5.37. The maximum absolute atomic E-state index is 13.4. The Morgan fingerprint density at radius 1 is 1.37 bits per heavy atom. The number of hydrogen-bond donors (Lipinski definition) is 4. The van der Waals surface area contributed by atoms with Gasteiger partial charge in [-0.2, -0.15) is 0 Å². The summed E-state index contributed by atoms with van der Waals surface area (Å²) in [4.78, 5) is 3.51. The van der Waals surface area contributed by atoms with Crippen molar-refractivity contribution in [3.63, 3.8) is 0 Å². The summed E-state index contributed by atoms with van der Waals surface area (Å²) in [7, 11) is 0. The Morgan fingerprint density at radius 3 is 2.74 bits per heavy atom. The van der Waals surface area contributed by atoms with Gasteiger partial charge >= 0.3 is 0 Å². The molecule has 0 radical (unpaired) electrons. The molecule has 0 bridgehead atoms. The molecule has 4 N–H and O–H groups in total. The fraction of sp³-hybridized carbons (Fsp3) is 0.545. The number of aromatic nitrogens is 1. The lowest BCUT2D eigenvalue weighted by atomic mass is 9.98. The average Bonchev–Trinajstić information content (AvgIpc) is 2.38. The summed E-state index contributed by atoms with van der Waals surface area (Å²) in [5.41, 5.74) is 0. The molecule has 106 valence electrons. The van der Waals surface area contributed by atoms with Crippen molar-refractivity contribution in [2.24, 2.45) is 0 Å². The van der Waals surface area contributed by atoms with Crippen molar-refractivity contribution in [3.05, 3.63) is 23.9 Å². The molecule has 0 saturated carbocycles. The second-order valence-electron chi connectivity index (χ2n) is 4.27. The zero-order chi connectivity index (χ0) is 14.0. The first kappa shape index (κ1) is 14.1. The van der Waals surface area contributed by atoms with E-state index >= 15 is 0 Å². The molecule has 1 aromatic rings. The molecule has 0 aliphatic carbocycles. The van der Waals surface area contributed by atoms with Crippen molar-refractivity contribution in [2.75, 3.05) is 18.5 Å². The van der Waals surface area contributed by atoms with Crippen molar-refractivity contribution < 1.29 is 28.8 Å². The maximum atomic E-state index is 13.4. The molecule has 0 amide bonds. The second kappa shape index (κ2) is 5.74. The largest absolute Gasteiger partial charge is 0.394 e. The Kier molecular flexibility index (Phi) is 4.25. The molecule has 4 atom stereocenters. The Hall–Kier alpha value is -1.35. The van der Waals surface area contributed by atoms with E-state index in [1.54, 1.807) is 0 Å². The van der Waals surface area contributed by atoms with Gasteiger partial charge in [-0.25, -0.2) is 13.8 Å². The number of nitrogens with zero attached hydrogens (tertiary/aromatic N) is 1. The van der Waals surface area contributed by atoms with E-state index in [1.165, 1.54) is 0 Å². The van der Waals surface area contributed by atoms with E-state index in [-0.39, 0.29) is 12.4 Å². The van der Waals surface area contributed by atoms with Crippen LogP contribution in [0.3, 0.4) is 0 Å². The lowest BCUT2D eigenvalue weighted by Crippen LogP contribution is -2.56. The standard InChI is InChI=1S/C11H14F2N2O4/c12-5-1-6(13)11(14-2-5)15-7-4-19-8(3-16)10(18)9(7)17/h1-2,7-10,16-18H,3-4H2,(H,14,15)/t7-,8-,9-,10+/m1/s1. The molecule has 1 saturated heterocycles. The van der Waals surface area contributed by atoms with E-state index in [0.29, 0.717) is 6.07 Å². The van der Waals surface area contributed by atoms with Gasteiger partial charge in [0.25, 0.3) is 0 Å². The Bertz CT molecular complexity index is 449. The van der Waals surface area contributed by atoms with Gasteiger partial charge in [-0.05, 0) is 0 Å². The van der Waals surface area contributed by atoms with Crippen LogP contribution in [0.4, 0.5) is 14.6 Å². The quantitative estimate of drug-likeness (QED) is 0.580. The summed E-state index contributed by atoms with van der Waals surface area (Å²) < 4.78 is 31.2. The molecule has 0 spiro atoms. The van der Waals surface area contributed by atoms with Crippen LogP contribution in [0.25, 0.3) is 0 Å². The van der Waals surface area contributed by atoms with Crippen LogP contribution in [-0.2, 0) is 4.74 Å². The summed E-state index contributed by atoms with van der Waals surface area (Å²) in [6, 6.07) is -0.163. The highest BCUT2D eigenvalue weighted by Crippen LogP contribution is 2.20. The van der Waals surface area contributed by atoms with Gasteiger partial charge < -0.3 is 25.4 Å². The zero-order valence-electron chi connectivity index (χ0n) is 9.83. The monoisotopic (exact) mass is 276 g/mol. The van der Waals surface area contributed by atoms with Crippen LogP contribution in [-0.4, -0.2) is 57.9 Å². The van der Waals surface area contributed by atoms with Gasteiger partial charge in [0.2, 0.25) is 0 Å². The molecule has 0 aromatic carbocycles. The first-order valence-electron chi connectivity index (χ1n) is 5.69. The molecular weight excluding hydrogens is 262 g/mol. The molecule has 19 heavy (non-hydrogen) atoms. The van der Waals surface area contributed by atoms with Crippen LogP contribution in [0, 0.1) is 11.6 Å². The fourth-order valence-electron chi connectivity index (χ4n) is 1.87. The molecule has 1 fully saturated rings. The summed E-state index contributed by atoms with van der Waals surface area (Å²) in [5.74, 6) is -1.97. The van der Waals surface area contributed by atoms with Crippen molar-refractivity contribution in [3.8, 4) is 0 Å². The van der Waals surface area contributed by atoms with E-state index in [9.17, 15) is 19.0 Å². The van der Waals surface area contributed by atoms with Crippen molar-refractivity contribution in [1.29, 1.82) is 0 Å². The number of ether oxygens (including phenoxy) is 1. The number of rotatable bonds is 3. The molecule has 1 aliphatic heterocycles. The maximum Gasteiger partial charge on any atom is 0.168 e. The SMILES string of the molecule is OC[C@H]1OC[C@@H](Nc2ncc(F)cc2F)[C@@H](O)[C@H]1O. The molecule has 1 aromatic heterocycles. The molecule has 2 rings (SSSR count). The molecule has 6 nitrogen and oxygen atoms in total. The van der Waals surface area contributed by atoms with Gasteiger partial charge in [-0.15, -0.1) is 0 Å². The second-order valence-corrected chi connectivity index (χ2v) is 4.27. The van der Waals surface area contributed by atoms with E-state index in [1.807, 2.05) is 0 Å². The minimum absolute atomic E-state index is 0.0536. The van der Waals surface area contributed by atoms with Crippen molar-refractivity contribution in [1.82, 2.24) is 4.98 Å². The number of pyridine rings is 1. The van der Waals surface area contributed by atoms with Crippen molar-refractivity contribution in [2.45, 2.75) is 24.4 Å². The van der Waals surface area contributed by atoms with Crippen LogP contribution in [0.2, 0.25) is 0 Å². The van der Waals surface area contributed by atoms with Gasteiger partial charge in [0.1, 0.15) is 24.1 Å². The highest BCUT2D eigenvalue weighted by atomic mass is 19.1. The third-order valence-electron chi connectivity index (χ3n) is 2.94. The Morgan fingerprint density at radius 2 is 2.11 bits per heavy atom. The predicted octanol–water partition coefficient (Wildman–Crippen LogP) is -0.747. The van der Waals surface area contributed by atoms with Gasteiger partial charge in [0.05, 0.1) is 25.5 Å². The smallest absolute Gasteiger partial charge is 0.168 e. The number of nitrogens with one attached hydrogen (secondary N) is 1. The third-order valence-corrected chi connectivity index (χ3v) is 2.94. The molecule has 0 unspecified atom stereocenters. The van der Waals surface area contributed by atoms with E-state index < -0.39 is 42.6 Å². The number of aliphatic hydroxyl groups is 3. The molecule has 2 heterocycles. The summed E-state index contributed by atoms with van der Waals surface area (Å²) in [6.45, 7) is -0.490. The molecule has 1 aliphatic rings. The number of aliphatic hydroxyl groups excluding tert-OH is 3. The number of anilines is 1. The van der Waals surface area contributed by atoms with Gasteiger partial charge in [-0.3, -0.25) is 0 Å². The fourth-order valence-corrected chi connectivity index (χ4v) is 1.87. The predicted molar refractivity (Wildman–Crippen MR) is 60.4 cm³/mol. The first-order valence-corrected chi connectivity index (χ1v) is 5.69. The topological polar surface area (TPSA) is 94.8 Å². The first-order chi connectivity index (χ1) is 9.02. The molecule has 8 heteroatoms. The van der Waals surface area contributed by atoms with Crippen LogP contribution >= 0.6 is 0 Å². The lowest BCUT2D eigenvalue weighted by Gasteiger charge is -2.37. The van der Waals surface area contributed by atoms with Crippen LogP contribution < -0.4 is 5.32 Å². The Balaban J connectivity index is 2.07. The Labute approximate surface area is 107 Å². The minimum Gasteiger partial charge on any atom is -0.394 e. The molecular formula is C11H14F2N2O4. The minimum atomic E-state index is -1.31. The van der Waals surface area contributed by atoms with Crippen LogP contribution in [0.1, 0.15) is 0 Å². The highest BCUT2D eigenvalue weighted by Gasteiger charge is 2.38. The number of hydrogen-bond acceptors (Lipinski definition) is 6. The zero-order valence-corrected chi connectivity index (χ0v) is 9.83. The summed E-state index contributed by atoms with van der Waals surface area (Å²) in [5, 5.41) is 30.9. The summed E-state index contributed by atoms with van der Waals surface area (Å²) >= 11 is 0. The van der Waals surface area contributed by atoms with E-state index in [0.717, 1.165) is 6.20 Å². The van der Waals surface area contributed by atoms with Crippen LogP contribution in [0.5, 0.6) is 0 Å². The van der Waals surface area contributed by atoms with E-state index in [4.69, 9.17) is 9.84 Å². The normalized spacial score (nSPS) is 31.2. The van der Waals surface area contributed by atoms with Crippen LogP contribution in [0.15, 0.2) is 12.3 Å². The number of halogens is 2. The average molecular weight is 276 g/mol. The third kappa shape index (κ3) is 2.98. The van der Waals surface area contributed by atoms with Crippen molar-refractivity contribution >= 4 is 5.82 Å². The summed E-state index contributed by atoms with van der Waals surface area (Å²) in [6.07, 6.45) is -2.63.